The molecule has 5 nitrogen and oxygen atoms in total. The molecule has 23 heavy (non-hydrogen) atoms. The molecule has 3 rings (SSSR count). The maximum atomic E-state index is 9.07. The van der Waals surface area contributed by atoms with Crippen LogP contribution in [0.15, 0.2) is 41.6 Å². The molecule has 0 amide bonds. The van der Waals surface area contributed by atoms with Crippen molar-refractivity contribution in [1.82, 2.24) is 4.90 Å². The molecule has 0 bridgehead atoms. The molecule has 0 unspecified atom stereocenters. The molecule has 0 spiro atoms. The van der Waals surface area contributed by atoms with E-state index in [4.69, 9.17) is 16.7 Å². The zero-order chi connectivity index (χ0) is 16.4. The van der Waals surface area contributed by atoms with Gasteiger partial charge in [0.25, 0.3) is 0 Å². The summed E-state index contributed by atoms with van der Waals surface area (Å²) in [6.45, 7) is 4.94. The van der Waals surface area contributed by atoms with E-state index >= 15 is 0 Å². The summed E-state index contributed by atoms with van der Waals surface area (Å²) in [6, 6.07) is 12.1. The molecule has 5 N–H and O–H groups in total. The molecule has 0 aliphatic carbocycles. The van der Waals surface area contributed by atoms with Crippen LogP contribution in [0.4, 0.5) is 5.69 Å². The first-order valence-electron chi connectivity index (χ1n) is 7.85. The fraction of sp³-hybridized carbons (Fsp3) is 0.278. The fourth-order valence-corrected chi connectivity index (χ4v) is 3.25. The number of anilines is 1. The largest absolute Gasteiger partial charge is 0.409 e. The van der Waals surface area contributed by atoms with E-state index in [0.29, 0.717) is 11.3 Å². The Kier molecular flexibility index (Phi) is 4.21. The number of rotatable bonds is 3. The fourth-order valence-electron chi connectivity index (χ4n) is 3.25. The van der Waals surface area contributed by atoms with E-state index in [9.17, 15) is 0 Å². The summed E-state index contributed by atoms with van der Waals surface area (Å²) >= 11 is 0. The van der Waals surface area contributed by atoms with E-state index in [1.807, 2.05) is 24.3 Å². The first kappa shape index (κ1) is 15.4. The third-order valence-electron chi connectivity index (χ3n) is 4.57. The second-order valence-electron chi connectivity index (χ2n) is 5.81. The van der Waals surface area contributed by atoms with Crippen molar-refractivity contribution in [1.29, 1.82) is 0 Å². The lowest BCUT2D eigenvalue weighted by atomic mass is 9.87. The van der Waals surface area contributed by atoms with E-state index in [-0.39, 0.29) is 5.84 Å². The van der Waals surface area contributed by atoms with Crippen molar-refractivity contribution < 1.29 is 5.21 Å². The van der Waals surface area contributed by atoms with Crippen LogP contribution in [0.25, 0.3) is 11.1 Å². The molecule has 0 saturated carbocycles. The van der Waals surface area contributed by atoms with Crippen LogP contribution in [0.1, 0.15) is 23.6 Å². The van der Waals surface area contributed by atoms with E-state index in [1.165, 1.54) is 5.56 Å². The van der Waals surface area contributed by atoms with Gasteiger partial charge in [0.15, 0.2) is 5.84 Å². The highest BCUT2D eigenvalue weighted by Gasteiger charge is 2.24. The van der Waals surface area contributed by atoms with Gasteiger partial charge in [-0.1, -0.05) is 42.4 Å². The maximum Gasteiger partial charge on any atom is 0.172 e. The summed E-state index contributed by atoms with van der Waals surface area (Å²) in [4.78, 5) is 2.35. The van der Waals surface area contributed by atoms with Gasteiger partial charge in [0, 0.05) is 24.3 Å². The second kappa shape index (κ2) is 6.30. The van der Waals surface area contributed by atoms with Crippen LogP contribution in [-0.2, 0) is 13.0 Å². The van der Waals surface area contributed by atoms with E-state index < -0.39 is 0 Å². The zero-order valence-corrected chi connectivity index (χ0v) is 13.3. The molecule has 5 heteroatoms. The van der Waals surface area contributed by atoms with Gasteiger partial charge < -0.3 is 16.7 Å². The Bertz CT molecular complexity index is 740. The van der Waals surface area contributed by atoms with Crippen LogP contribution < -0.4 is 11.5 Å². The van der Waals surface area contributed by atoms with E-state index in [0.717, 1.165) is 42.7 Å². The lowest BCUT2D eigenvalue weighted by molar-refractivity contribution is 0.269. The molecule has 2 aromatic rings. The number of amidine groups is 1. The number of oxime groups is 1. The smallest absolute Gasteiger partial charge is 0.172 e. The SMILES string of the molecule is CCN1CCc2c(-c3ccccc3)cc(/C(N)=N/O)c(N)c2C1. The summed E-state index contributed by atoms with van der Waals surface area (Å²) < 4.78 is 0. The topological polar surface area (TPSA) is 87.9 Å². The van der Waals surface area contributed by atoms with Gasteiger partial charge in [0.05, 0.1) is 0 Å². The number of nitrogens with two attached hydrogens (primary N) is 2. The van der Waals surface area contributed by atoms with Gasteiger partial charge in [-0.2, -0.15) is 0 Å². The quantitative estimate of drug-likeness (QED) is 0.267. The molecular weight excluding hydrogens is 288 g/mol. The van der Waals surface area contributed by atoms with Gasteiger partial charge in [-0.15, -0.1) is 0 Å². The van der Waals surface area contributed by atoms with Crippen LogP contribution in [0.3, 0.4) is 0 Å². The van der Waals surface area contributed by atoms with Crippen LogP contribution in [-0.4, -0.2) is 29.0 Å². The molecule has 0 fully saturated rings. The Balaban J connectivity index is 2.24. The van der Waals surface area contributed by atoms with Gasteiger partial charge in [-0.25, -0.2) is 0 Å². The summed E-state index contributed by atoms with van der Waals surface area (Å²) in [5, 5.41) is 12.2. The molecule has 2 aromatic carbocycles. The van der Waals surface area contributed by atoms with Gasteiger partial charge in [-0.3, -0.25) is 4.90 Å². The lowest BCUT2D eigenvalue weighted by Crippen LogP contribution is -2.32. The summed E-state index contributed by atoms with van der Waals surface area (Å²) in [5.41, 5.74) is 18.0. The molecule has 0 aromatic heterocycles. The number of hydrogen-bond donors (Lipinski definition) is 3. The van der Waals surface area contributed by atoms with Crippen LogP contribution >= 0.6 is 0 Å². The lowest BCUT2D eigenvalue weighted by Gasteiger charge is -2.31. The Morgan fingerprint density at radius 3 is 2.65 bits per heavy atom. The van der Waals surface area contributed by atoms with Gasteiger partial charge >= 0.3 is 0 Å². The minimum absolute atomic E-state index is 0.0519. The molecule has 0 atom stereocenters. The Morgan fingerprint density at radius 2 is 2.00 bits per heavy atom. The maximum absolute atomic E-state index is 9.07. The molecule has 1 aliphatic rings. The monoisotopic (exact) mass is 310 g/mol. The number of likely N-dealkylation sites (N-methyl/N-ethyl adjacent to an activating group) is 1. The van der Waals surface area contributed by atoms with Crippen molar-refractivity contribution in [2.45, 2.75) is 19.9 Å². The molecular formula is C18H22N4O. The van der Waals surface area contributed by atoms with Crippen molar-refractivity contribution in [2.75, 3.05) is 18.8 Å². The molecule has 1 heterocycles. The Hall–Kier alpha value is -2.53. The predicted molar refractivity (Wildman–Crippen MR) is 93.5 cm³/mol. The van der Waals surface area contributed by atoms with Gasteiger partial charge in [0.2, 0.25) is 0 Å². The summed E-state index contributed by atoms with van der Waals surface area (Å²) in [5.74, 6) is 0.0519. The van der Waals surface area contributed by atoms with Crippen molar-refractivity contribution >= 4 is 11.5 Å². The molecule has 0 radical (unpaired) electrons. The minimum atomic E-state index is 0.0519. The third-order valence-corrected chi connectivity index (χ3v) is 4.57. The molecule has 120 valence electrons. The number of nitrogen functional groups attached to an aromatic ring is 1. The Morgan fingerprint density at radius 1 is 1.26 bits per heavy atom. The van der Waals surface area contributed by atoms with Gasteiger partial charge in [-0.05, 0) is 41.3 Å². The highest BCUT2D eigenvalue weighted by molar-refractivity contribution is 6.04. The molecule has 1 aliphatic heterocycles. The number of fused-ring (bicyclic) bond motifs is 1. The number of hydrogen-bond acceptors (Lipinski definition) is 4. The van der Waals surface area contributed by atoms with E-state index in [1.54, 1.807) is 0 Å². The van der Waals surface area contributed by atoms with Gasteiger partial charge in [0.1, 0.15) is 0 Å². The van der Waals surface area contributed by atoms with Crippen molar-refractivity contribution in [3.63, 3.8) is 0 Å². The highest BCUT2D eigenvalue weighted by atomic mass is 16.4. The summed E-state index contributed by atoms with van der Waals surface area (Å²) in [7, 11) is 0. The Labute approximate surface area is 136 Å². The minimum Gasteiger partial charge on any atom is -0.409 e. The zero-order valence-electron chi connectivity index (χ0n) is 13.3. The van der Waals surface area contributed by atoms with E-state index in [2.05, 4.69) is 29.1 Å². The van der Waals surface area contributed by atoms with Crippen LogP contribution in [0.2, 0.25) is 0 Å². The normalized spacial score (nSPS) is 15.4. The second-order valence-corrected chi connectivity index (χ2v) is 5.81. The average molecular weight is 310 g/mol. The predicted octanol–water partition coefficient (Wildman–Crippen LogP) is 2.41. The van der Waals surface area contributed by atoms with Crippen molar-refractivity contribution in [3.8, 4) is 11.1 Å². The first-order valence-corrected chi connectivity index (χ1v) is 7.85. The number of nitrogens with zero attached hydrogens (tertiary/aromatic N) is 2. The molecule has 0 saturated heterocycles. The first-order chi connectivity index (χ1) is 11.2. The van der Waals surface area contributed by atoms with Crippen molar-refractivity contribution in [3.05, 3.63) is 53.1 Å². The number of benzene rings is 2. The third kappa shape index (κ3) is 2.75. The van der Waals surface area contributed by atoms with Crippen LogP contribution in [0.5, 0.6) is 0 Å². The average Bonchev–Trinajstić information content (AvgIpc) is 2.62. The standard InChI is InChI=1S/C18H22N4O/c1-2-22-9-8-13-14(12-6-4-3-5-7-12)10-15(18(20)21-23)17(19)16(13)11-22/h3-7,10,23H,2,8-9,11,19H2,1H3,(H2,20,21). The van der Waals surface area contributed by atoms with Crippen molar-refractivity contribution in [2.24, 2.45) is 10.9 Å². The highest BCUT2D eigenvalue weighted by Crippen LogP contribution is 2.36. The summed E-state index contributed by atoms with van der Waals surface area (Å²) in [6.07, 6.45) is 0.952. The van der Waals surface area contributed by atoms with Crippen LogP contribution in [0, 0.1) is 0 Å².